The second kappa shape index (κ2) is 5.88. The second-order valence-electron chi connectivity index (χ2n) is 4.44. The summed E-state index contributed by atoms with van der Waals surface area (Å²) in [5.41, 5.74) is 6.47. The molecule has 1 aromatic rings. The maximum absolute atomic E-state index is 11.8. The Kier molecular flexibility index (Phi) is 4.21. The Hall–Kier alpha value is -1.82. The summed E-state index contributed by atoms with van der Waals surface area (Å²) in [5.74, 6) is 0.322. The Balaban J connectivity index is 2.19. The minimum Gasteiger partial charge on any atom is -0.462 e. The predicted octanol–water partition coefficient (Wildman–Crippen LogP) is 1.07. The van der Waals surface area contributed by atoms with Gasteiger partial charge in [0, 0.05) is 20.2 Å². The van der Waals surface area contributed by atoms with Crippen LogP contribution in [0.4, 0.5) is 11.5 Å². The first-order chi connectivity index (χ1) is 9.15. The lowest BCUT2D eigenvalue weighted by Gasteiger charge is -2.18. The number of carbonyl (C=O) groups excluding carboxylic acids is 1. The summed E-state index contributed by atoms with van der Waals surface area (Å²) in [6.07, 6.45) is 2.67. The summed E-state index contributed by atoms with van der Waals surface area (Å²) in [4.78, 5) is 18.1. The number of anilines is 2. The molecule has 2 rings (SSSR count). The third kappa shape index (κ3) is 2.96. The van der Waals surface area contributed by atoms with Crippen LogP contribution in [0.5, 0.6) is 0 Å². The van der Waals surface area contributed by atoms with Crippen LogP contribution in [-0.4, -0.2) is 43.9 Å². The van der Waals surface area contributed by atoms with E-state index in [1.54, 1.807) is 20.1 Å². The molecule has 0 aromatic carbocycles. The first-order valence-corrected chi connectivity index (χ1v) is 6.36. The van der Waals surface area contributed by atoms with Crippen molar-refractivity contribution in [3.8, 4) is 0 Å². The van der Waals surface area contributed by atoms with Crippen LogP contribution in [0, 0.1) is 0 Å². The number of nitrogens with zero attached hydrogens (tertiary/aromatic N) is 2. The van der Waals surface area contributed by atoms with Gasteiger partial charge in [-0.05, 0) is 19.4 Å². The molecule has 1 fully saturated rings. The summed E-state index contributed by atoms with van der Waals surface area (Å²) in [6, 6.07) is 1.69. The maximum atomic E-state index is 11.8. The van der Waals surface area contributed by atoms with Crippen LogP contribution < -0.4 is 10.6 Å². The van der Waals surface area contributed by atoms with Gasteiger partial charge in [0.1, 0.15) is 5.82 Å². The van der Waals surface area contributed by atoms with Crippen molar-refractivity contribution < 1.29 is 14.3 Å². The van der Waals surface area contributed by atoms with Gasteiger partial charge >= 0.3 is 5.97 Å². The average Bonchev–Trinajstić information content (AvgIpc) is 2.88. The van der Waals surface area contributed by atoms with Gasteiger partial charge in [0.2, 0.25) is 0 Å². The number of carbonyl (C=O) groups is 1. The van der Waals surface area contributed by atoms with Crippen LogP contribution in [0.15, 0.2) is 12.3 Å². The fourth-order valence-corrected chi connectivity index (χ4v) is 2.14. The van der Waals surface area contributed by atoms with E-state index in [1.807, 2.05) is 0 Å². The van der Waals surface area contributed by atoms with Crippen molar-refractivity contribution in [2.45, 2.75) is 19.4 Å². The fourth-order valence-electron chi connectivity index (χ4n) is 2.14. The van der Waals surface area contributed by atoms with Gasteiger partial charge in [-0.2, -0.15) is 0 Å². The normalized spacial score (nSPS) is 18.6. The van der Waals surface area contributed by atoms with E-state index < -0.39 is 5.97 Å². The van der Waals surface area contributed by atoms with Crippen molar-refractivity contribution in [2.24, 2.45) is 0 Å². The van der Waals surface area contributed by atoms with Gasteiger partial charge in [-0.25, -0.2) is 9.78 Å². The van der Waals surface area contributed by atoms with E-state index in [-0.39, 0.29) is 6.10 Å². The number of pyridine rings is 1. The van der Waals surface area contributed by atoms with Gasteiger partial charge in [0.15, 0.2) is 0 Å². The lowest BCUT2D eigenvalue weighted by atomic mass is 10.2. The van der Waals surface area contributed by atoms with Crippen LogP contribution in [-0.2, 0) is 9.47 Å². The molecule has 1 aliphatic rings. The van der Waals surface area contributed by atoms with E-state index in [1.165, 1.54) is 6.20 Å². The van der Waals surface area contributed by atoms with Crippen molar-refractivity contribution in [2.75, 3.05) is 37.4 Å². The Morgan fingerprint density at radius 2 is 2.42 bits per heavy atom. The highest BCUT2D eigenvalue weighted by molar-refractivity contribution is 5.95. The van der Waals surface area contributed by atoms with Gasteiger partial charge in [-0.3, -0.25) is 0 Å². The molecule has 1 aromatic heterocycles. The van der Waals surface area contributed by atoms with Crippen LogP contribution in [0.3, 0.4) is 0 Å². The standard InChI is InChI=1S/C13H19N3O3/c1-3-19-13(17)10-6-12(15-7-11(10)14)16-5-4-9(8-16)18-2/h6-7,9H,3-5,8,14H2,1-2H3. The molecular formula is C13H19N3O3. The second-order valence-corrected chi connectivity index (χ2v) is 4.44. The maximum Gasteiger partial charge on any atom is 0.340 e. The number of rotatable bonds is 4. The molecular weight excluding hydrogens is 246 g/mol. The highest BCUT2D eigenvalue weighted by atomic mass is 16.5. The highest BCUT2D eigenvalue weighted by Gasteiger charge is 2.24. The molecule has 0 bridgehead atoms. The van der Waals surface area contributed by atoms with E-state index in [2.05, 4.69) is 9.88 Å². The molecule has 6 nitrogen and oxygen atoms in total. The molecule has 19 heavy (non-hydrogen) atoms. The number of hydrogen-bond acceptors (Lipinski definition) is 6. The quantitative estimate of drug-likeness (QED) is 0.820. The lowest BCUT2D eigenvalue weighted by molar-refractivity contribution is 0.0527. The predicted molar refractivity (Wildman–Crippen MR) is 72.2 cm³/mol. The molecule has 1 saturated heterocycles. The SMILES string of the molecule is CCOC(=O)c1cc(N2CCC(OC)C2)ncc1N. The van der Waals surface area contributed by atoms with Crippen molar-refractivity contribution in [1.82, 2.24) is 4.98 Å². The number of nitrogens with two attached hydrogens (primary N) is 1. The van der Waals surface area contributed by atoms with Gasteiger partial charge in [-0.15, -0.1) is 0 Å². The smallest absolute Gasteiger partial charge is 0.340 e. The fraction of sp³-hybridized carbons (Fsp3) is 0.538. The first-order valence-electron chi connectivity index (χ1n) is 6.36. The summed E-state index contributed by atoms with van der Waals surface area (Å²) in [7, 11) is 1.70. The Morgan fingerprint density at radius 3 is 3.05 bits per heavy atom. The third-order valence-corrected chi connectivity index (χ3v) is 3.22. The van der Waals surface area contributed by atoms with Crippen LogP contribution in [0.25, 0.3) is 0 Å². The number of aromatic nitrogens is 1. The zero-order valence-electron chi connectivity index (χ0n) is 11.3. The Morgan fingerprint density at radius 1 is 1.63 bits per heavy atom. The lowest BCUT2D eigenvalue weighted by Crippen LogP contribution is -2.23. The van der Waals surface area contributed by atoms with Crippen LogP contribution >= 0.6 is 0 Å². The molecule has 0 aliphatic carbocycles. The molecule has 0 saturated carbocycles. The van der Waals surface area contributed by atoms with Crippen molar-refractivity contribution in [3.05, 3.63) is 17.8 Å². The minimum atomic E-state index is -0.411. The molecule has 0 radical (unpaired) electrons. The summed E-state index contributed by atoms with van der Waals surface area (Å²) in [6.45, 7) is 3.72. The summed E-state index contributed by atoms with van der Waals surface area (Å²) >= 11 is 0. The molecule has 2 N–H and O–H groups in total. The van der Waals surface area contributed by atoms with Crippen molar-refractivity contribution in [3.63, 3.8) is 0 Å². The number of ether oxygens (including phenoxy) is 2. The number of nitrogen functional groups attached to an aromatic ring is 1. The molecule has 0 amide bonds. The van der Waals surface area contributed by atoms with Gasteiger partial charge < -0.3 is 20.1 Å². The zero-order valence-corrected chi connectivity index (χ0v) is 11.3. The number of hydrogen-bond donors (Lipinski definition) is 1. The zero-order chi connectivity index (χ0) is 13.8. The van der Waals surface area contributed by atoms with Crippen molar-refractivity contribution in [1.29, 1.82) is 0 Å². The van der Waals surface area contributed by atoms with E-state index in [9.17, 15) is 4.79 Å². The molecule has 104 valence electrons. The topological polar surface area (TPSA) is 77.7 Å². The summed E-state index contributed by atoms with van der Waals surface area (Å²) < 4.78 is 10.3. The molecule has 6 heteroatoms. The number of esters is 1. The van der Waals surface area contributed by atoms with E-state index in [4.69, 9.17) is 15.2 Å². The monoisotopic (exact) mass is 265 g/mol. The Labute approximate surface area is 112 Å². The third-order valence-electron chi connectivity index (χ3n) is 3.22. The molecule has 0 spiro atoms. The van der Waals surface area contributed by atoms with Crippen molar-refractivity contribution >= 4 is 17.5 Å². The molecule has 2 heterocycles. The van der Waals surface area contributed by atoms with E-state index in [0.29, 0.717) is 17.9 Å². The van der Waals surface area contributed by atoms with Gasteiger partial charge in [-0.1, -0.05) is 0 Å². The molecule has 1 unspecified atom stereocenters. The first kappa shape index (κ1) is 13.6. The average molecular weight is 265 g/mol. The Bertz CT molecular complexity index is 464. The largest absolute Gasteiger partial charge is 0.462 e. The van der Waals surface area contributed by atoms with Crippen LogP contribution in [0.1, 0.15) is 23.7 Å². The number of methoxy groups -OCH3 is 1. The minimum absolute atomic E-state index is 0.213. The summed E-state index contributed by atoms with van der Waals surface area (Å²) in [5, 5.41) is 0. The highest BCUT2D eigenvalue weighted by Crippen LogP contribution is 2.23. The molecule has 1 atom stereocenters. The van der Waals surface area contributed by atoms with Gasteiger partial charge in [0.05, 0.1) is 30.2 Å². The molecule has 1 aliphatic heterocycles. The van der Waals surface area contributed by atoms with Gasteiger partial charge in [0.25, 0.3) is 0 Å². The van der Waals surface area contributed by atoms with E-state index >= 15 is 0 Å². The van der Waals surface area contributed by atoms with E-state index in [0.717, 1.165) is 25.3 Å². The van der Waals surface area contributed by atoms with Crippen LogP contribution in [0.2, 0.25) is 0 Å².